The molecule has 2 rings (SSSR count). The molecule has 2 amide bonds. The van der Waals surface area contributed by atoms with E-state index >= 15 is 0 Å². The number of carbonyl (C=O) groups is 2. The molecule has 1 aromatic carbocycles. The molecule has 1 heterocycles. The zero-order valence-corrected chi connectivity index (χ0v) is 14.0. The van der Waals surface area contributed by atoms with Crippen LogP contribution in [0.3, 0.4) is 0 Å². The molecular formula is C17H19ClN2O3. The molecule has 5 nitrogen and oxygen atoms in total. The summed E-state index contributed by atoms with van der Waals surface area (Å²) in [6.45, 7) is 3.73. The first-order valence-electron chi connectivity index (χ1n) is 7.30. The van der Waals surface area contributed by atoms with Crippen molar-refractivity contribution in [2.45, 2.75) is 19.9 Å². The van der Waals surface area contributed by atoms with Crippen LogP contribution in [0.15, 0.2) is 40.8 Å². The first-order valence-corrected chi connectivity index (χ1v) is 7.68. The number of likely N-dealkylation sites (N-methyl/N-ethyl adjacent to an activating group) is 1. The predicted octanol–water partition coefficient (Wildman–Crippen LogP) is 3.10. The van der Waals surface area contributed by atoms with E-state index in [1.54, 1.807) is 24.3 Å². The van der Waals surface area contributed by atoms with Crippen molar-refractivity contribution in [1.82, 2.24) is 10.6 Å². The van der Waals surface area contributed by atoms with Crippen LogP contribution < -0.4 is 10.6 Å². The molecule has 2 aromatic rings. The minimum absolute atomic E-state index is 0.0374. The molecule has 0 saturated carbocycles. The van der Waals surface area contributed by atoms with Gasteiger partial charge in [-0.2, -0.15) is 0 Å². The summed E-state index contributed by atoms with van der Waals surface area (Å²) in [4.78, 5) is 24.1. The molecule has 0 spiro atoms. The highest BCUT2D eigenvalue weighted by molar-refractivity contribution is 6.30. The molecule has 6 heteroatoms. The van der Waals surface area contributed by atoms with Gasteiger partial charge in [0, 0.05) is 17.6 Å². The van der Waals surface area contributed by atoms with Crippen molar-refractivity contribution in [1.29, 1.82) is 0 Å². The lowest BCUT2D eigenvalue weighted by Crippen LogP contribution is -2.48. The van der Waals surface area contributed by atoms with E-state index in [0.29, 0.717) is 10.8 Å². The summed E-state index contributed by atoms with van der Waals surface area (Å²) in [6.07, 6.45) is 0. The topological polar surface area (TPSA) is 71.3 Å². The Balaban J connectivity index is 2.14. The van der Waals surface area contributed by atoms with Gasteiger partial charge in [0.2, 0.25) is 5.91 Å². The van der Waals surface area contributed by atoms with Gasteiger partial charge in [-0.25, -0.2) is 0 Å². The van der Waals surface area contributed by atoms with Gasteiger partial charge in [0.1, 0.15) is 11.8 Å². The van der Waals surface area contributed by atoms with E-state index in [1.165, 1.54) is 7.05 Å². The van der Waals surface area contributed by atoms with Gasteiger partial charge >= 0.3 is 0 Å². The summed E-state index contributed by atoms with van der Waals surface area (Å²) in [7, 11) is 1.54. The van der Waals surface area contributed by atoms with E-state index in [-0.39, 0.29) is 17.6 Å². The smallest absolute Gasteiger partial charge is 0.287 e. The van der Waals surface area contributed by atoms with Crippen molar-refractivity contribution in [2.75, 3.05) is 7.05 Å². The van der Waals surface area contributed by atoms with Crippen LogP contribution >= 0.6 is 11.6 Å². The zero-order chi connectivity index (χ0) is 17.0. The average Bonchev–Trinajstić information content (AvgIpc) is 3.02. The van der Waals surface area contributed by atoms with E-state index in [9.17, 15) is 9.59 Å². The van der Waals surface area contributed by atoms with Crippen LogP contribution in [-0.4, -0.2) is 24.9 Å². The molecule has 23 heavy (non-hydrogen) atoms. The molecule has 122 valence electrons. The van der Waals surface area contributed by atoms with Crippen molar-refractivity contribution >= 4 is 23.4 Å². The van der Waals surface area contributed by atoms with Gasteiger partial charge in [-0.3, -0.25) is 9.59 Å². The highest BCUT2D eigenvalue weighted by Crippen LogP contribution is 2.24. The number of furan rings is 1. The van der Waals surface area contributed by atoms with Crippen molar-refractivity contribution < 1.29 is 14.0 Å². The molecule has 0 saturated heterocycles. The number of rotatable bonds is 5. The first-order chi connectivity index (χ1) is 10.9. The van der Waals surface area contributed by atoms with Crippen molar-refractivity contribution in [3.8, 4) is 11.3 Å². The lowest BCUT2D eigenvalue weighted by Gasteiger charge is -2.19. The molecule has 0 aliphatic carbocycles. The molecule has 0 unspecified atom stereocenters. The minimum Gasteiger partial charge on any atom is -0.451 e. The summed E-state index contributed by atoms with van der Waals surface area (Å²) in [5.41, 5.74) is 0.820. The van der Waals surface area contributed by atoms with Gasteiger partial charge in [-0.05, 0) is 42.3 Å². The lowest BCUT2D eigenvalue weighted by molar-refractivity contribution is -0.123. The van der Waals surface area contributed by atoms with Crippen LogP contribution in [0.25, 0.3) is 11.3 Å². The fourth-order valence-electron chi connectivity index (χ4n) is 2.13. The standard InChI is InChI=1S/C17H19ClN2O3/c1-10(2)15(17(22)19-3)20-16(21)14-9-8-13(23-14)11-4-6-12(18)7-5-11/h4-10,15H,1-3H3,(H,19,22)(H,20,21)/t15-/m0/s1. The quantitative estimate of drug-likeness (QED) is 0.882. The number of amides is 2. The number of nitrogens with one attached hydrogen (secondary N) is 2. The highest BCUT2D eigenvalue weighted by atomic mass is 35.5. The third-order valence-electron chi connectivity index (χ3n) is 3.44. The summed E-state index contributed by atoms with van der Waals surface area (Å²) in [6, 6.07) is 9.80. The predicted molar refractivity (Wildman–Crippen MR) is 89.3 cm³/mol. The summed E-state index contributed by atoms with van der Waals surface area (Å²) in [5.74, 6) is 0.0206. The van der Waals surface area contributed by atoms with Gasteiger partial charge in [-0.15, -0.1) is 0 Å². The highest BCUT2D eigenvalue weighted by Gasteiger charge is 2.25. The van der Waals surface area contributed by atoms with Crippen LogP contribution in [-0.2, 0) is 4.79 Å². The van der Waals surface area contributed by atoms with E-state index in [0.717, 1.165) is 5.56 Å². The molecular weight excluding hydrogens is 316 g/mol. The second-order valence-electron chi connectivity index (χ2n) is 5.48. The number of halogens is 1. The van der Waals surface area contributed by atoms with Crippen molar-refractivity contribution in [3.63, 3.8) is 0 Å². The Morgan fingerprint density at radius 2 is 1.74 bits per heavy atom. The minimum atomic E-state index is -0.614. The van der Waals surface area contributed by atoms with Gasteiger partial charge in [0.05, 0.1) is 0 Å². The second-order valence-corrected chi connectivity index (χ2v) is 5.92. The third-order valence-corrected chi connectivity index (χ3v) is 3.69. The maximum Gasteiger partial charge on any atom is 0.287 e. The van der Waals surface area contributed by atoms with Crippen LogP contribution in [0.5, 0.6) is 0 Å². The molecule has 2 N–H and O–H groups in total. The number of hydrogen-bond donors (Lipinski definition) is 2. The fourth-order valence-corrected chi connectivity index (χ4v) is 2.26. The third kappa shape index (κ3) is 4.13. The second kappa shape index (κ2) is 7.33. The van der Waals surface area contributed by atoms with E-state index in [2.05, 4.69) is 10.6 Å². The maximum absolute atomic E-state index is 12.3. The Hall–Kier alpha value is -2.27. The Labute approximate surface area is 140 Å². The van der Waals surface area contributed by atoms with Crippen LogP contribution in [0.2, 0.25) is 5.02 Å². The van der Waals surface area contributed by atoms with Crippen molar-refractivity contribution in [3.05, 3.63) is 47.2 Å². The van der Waals surface area contributed by atoms with Gasteiger partial charge in [0.25, 0.3) is 5.91 Å². The number of hydrogen-bond acceptors (Lipinski definition) is 3. The average molecular weight is 335 g/mol. The molecule has 0 fully saturated rings. The normalized spacial score (nSPS) is 12.0. The molecule has 0 bridgehead atoms. The van der Waals surface area contributed by atoms with Crippen molar-refractivity contribution in [2.24, 2.45) is 5.92 Å². The Kier molecular flexibility index (Phi) is 5.45. The zero-order valence-electron chi connectivity index (χ0n) is 13.2. The Bertz CT molecular complexity index is 692. The van der Waals surface area contributed by atoms with Gasteiger partial charge < -0.3 is 15.1 Å². The molecule has 0 aliphatic heterocycles. The van der Waals surface area contributed by atoms with Crippen LogP contribution in [0.1, 0.15) is 24.4 Å². The van der Waals surface area contributed by atoms with Crippen LogP contribution in [0.4, 0.5) is 0 Å². The first kappa shape index (κ1) is 17.1. The maximum atomic E-state index is 12.3. The molecule has 1 atom stereocenters. The lowest BCUT2D eigenvalue weighted by atomic mass is 10.0. The van der Waals surface area contributed by atoms with Gasteiger partial charge in [-0.1, -0.05) is 25.4 Å². The number of carbonyl (C=O) groups excluding carboxylic acids is 2. The summed E-state index contributed by atoms with van der Waals surface area (Å²) in [5, 5.41) is 5.86. The van der Waals surface area contributed by atoms with Gasteiger partial charge in [0.15, 0.2) is 5.76 Å². The van der Waals surface area contributed by atoms with E-state index in [1.807, 2.05) is 26.0 Å². The van der Waals surface area contributed by atoms with E-state index < -0.39 is 11.9 Å². The van der Waals surface area contributed by atoms with Crippen LogP contribution in [0, 0.1) is 5.92 Å². The Morgan fingerprint density at radius 3 is 2.30 bits per heavy atom. The molecule has 1 aromatic heterocycles. The molecule has 0 radical (unpaired) electrons. The largest absolute Gasteiger partial charge is 0.451 e. The molecule has 0 aliphatic rings. The summed E-state index contributed by atoms with van der Waals surface area (Å²) < 4.78 is 5.58. The monoisotopic (exact) mass is 334 g/mol. The van der Waals surface area contributed by atoms with E-state index in [4.69, 9.17) is 16.0 Å². The fraction of sp³-hybridized carbons (Fsp3) is 0.294. The number of benzene rings is 1. The Morgan fingerprint density at radius 1 is 1.09 bits per heavy atom. The SMILES string of the molecule is CNC(=O)[C@@H](NC(=O)c1ccc(-c2ccc(Cl)cc2)o1)C(C)C. The summed E-state index contributed by atoms with van der Waals surface area (Å²) >= 11 is 5.85.